The highest BCUT2D eigenvalue weighted by Gasteiger charge is 2.47. The highest BCUT2D eigenvalue weighted by atomic mass is 35.5. The molecule has 1 atom stereocenters. The Labute approximate surface area is 225 Å². The van der Waals surface area contributed by atoms with Crippen LogP contribution in [0.4, 0.5) is 5.69 Å². The molecule has 9 heteroatoms. The van der Waals surface area contributed by atoms with Crippen molar-refractivity contribution in [2.45, 2.75) is 19.9 Å². The van der Waals surface area contributed by atoms with Crippen molar-refractivity contribution in [3.05, 3.63) is 93.5 Å². The second kappa shape index (κ2) is 11.0. The zero-order valence-corrected chi connectivity index (χ0v) is 22.0. The highest BCUT2D eigenvalue weighted by molar-refractivity contribution is 6.51. The van der Waals surface area contributed by atoms with E-state index in [1.54, 1.807) is 31.2 Å². The predicted octanol–water partition coefficient (Wildman–Crippen LogP) is 5.47. The largest absolute Gasteiger partial charge is 0.507 e. The third kappa shape index (κ3) is 4.82. The number of carbonyl (C=O) groups excluding carboxylic acids is 3. The van der Waals surface area contributed by atoms with E-state index in [2.05, 4.69) is 0 Å². The van der Waals surface area contributed by atoms with Gasteiger partial charge in [0.1, 0.15) is 17.3 Å². The molecule has 1 aliphatic heterocycles. The number of anilines is 1. The molecule has 1 aliphatic rings. The van der Waals surface area contributed by atoms with Crippen molar-refractivity contribution in [2.75, 3.05) is 25.7 Å². The summed E-state index contributed by atoms with van der Waals surface area (Å²) in [5, 5.41) is 11.8. The van der Waals surface area contributed by atoms with Crippen LogP contribution in [0, 0.1) is 6.92 Å². The van der Waals surface area contributed by atoms with E-state index in [1.807, 2.05) is 19.1 Å². The number of nitrogens with zero attached hydrogens (tertiary/aromatic N) is 1. The van der Waals surface area contributed by atoms with Crippen LogP contribution in [0.5, 0.6) is 11.5 Å². The molecular formula is C29H26ClNO7. The summed E-state index contributed by atoms with van der Waals surface area (Å²) in [7, 11) is 2.82. The fraction of sp³-hybridized carbons (Fsp3) is 0.207. The first-order valence-corrected chi connectivity index (χ1v) is 12.2. The number of ether oxygens (including phenoxy) is 3. The van der Waals surface area contributed by atoms with Crippen LogP contribution in [0.15, 0.2) is 66.2 Å². The Bertz CT molecular complexity index is 1450. The van der Waals surface area contributed by atoms with Crippen molar-refractivity contribution in [3.63, 3.8) is 0 Å². The molecule has 196 valence electrons. The second-order valence-corrected chi connectivity index (χ2v) is 8.94. The molecule has 0 bridgehead atoms. The topological polar surface area (TPSA) is 102 Å². The number of hydrogen-bond donors (Lipinski definition) is 1. The molecule has 0 spiro atoms. The van der Waals surface area contributed by atoms with Crippen molar-refractivity contribution in [1.82, 2.24) is 0 Å². The molecule has 4 rings (SSSR count). The summed E-state index contributed by atoms with van der Waals surface area (Å²) < 4.78 is 15.7. The Hall–Kier alpha value is -4.30. The third-order valence-electron chi connectivity index (χ3n) is 6.19. The molecule has 1 N–H and O–H groups in total. The first-order chi connectivity index (χ1) is 18.2. The van der Waals surface area contributed by atoms with Gasteiger partial charge in [-0.3, -0.25) is 14.5 Å². The number of halogens is 1. The Kier molecular flexibility index (Phi) is 7.73. The van der Waals surface area contributed by atoms with Crippen molar-refractivity contribution in [2.24, 2.45) is 0 Å². The molecule has 1 fully saturated rings. The maximum absolute atomic E-state index is 13.5. The average molecular weight is 536 g/mol. The summed E-state index contributed by atoms with van der Waals surface area (Å²) >= 11 is 6.23. The van der Waals surface area contributed by atoms with E-state index < -0.39 is 29.5 Å². The summed E-state index contributed by atoms with van der Waals surface area (Å²) in [6.07, 6.45) is 0. The van der Waals surface area contributed by atoms with Crippen LogP contribution in [0.25, 0.3) is 5.76 Å². The molecule has 3 aromatic rings. The number of esters is 1. The normalized spacial score (nSPS) is 16.4. The van der Waals surface area contributed by atoms with E-state index in [0.29, 0.717) is 16.8 Å². The van der Waals surface area contributed by atoms with Gasteiger partial charge in [-0.25, -0.2) is 4.79 Å². The quantitative estimate of drug-likeness (QED) is 0.185. The SMILES string of the molecule is CCOC(=O)c1ccc(N2C(=O)C(=O)/C(=C(/O)c3cc(OC)c(Cl)cc3OC)C2c2cccc(C)c2)cc1. The van der Waals surface area contributed by atoms with Gasteiger partial charge in [0.25, 0.3) is 11.7 Å². The molecule has 1 unspecified atom stereocenters. The Balaban J connectivity index is 1.93. The summed E-state index contributed by atoms with van der Waals surface area (Å²) in [4.78, 5) is 40.3. The molecule has 3 aromatic carbocycles. The molecule has 1 heterocycles. The van der Waals surface area contributed by atoms with Gasteiger partial charge in [0.2, 0.25) is 0 Å². The molecule has 8 nitrogen and oxygen atoms in total. The van der Waals surface area contributed by atoms with Crippen LogP contribution in [-0.2, 0) is 14.3 Å². The maximum Gasteiger partial charge on any atom is 0.338 e. The van der Waals surface area contributed by atoms with Gasteiger partial charge in [-0.1, -0.05) is 41.4 Å². The standard InChI is InChI=1S/C29H26ClNO7/c1-5-38-29(35)17-9-11-19(12-10-17)31-25(18-8-6-7-16(2)13-18)24(27(33)28(31)34)26(32)20-14-23(37-4)21(30)15-22(20)36-3/h6-15,25,32H,5H2,1-4H3/b26-24+. The van der Waals surface area contributed by atoms with Gasteiger partial charge in [-0.15, -0.1) is 0 Å². The van der Waals surface area contributed by atoms with Gasteiger partial charge in [-0.05, 0) is 49.7 Å². The van der Waals surface area contributed by atoms with Crippen molar-refractivity contribution in [1.29, 1.82) is 0 Å². The van der Waals surface area contributed by atoms with E-state index in [1.165, 1.54) is 43.4 Å². The van der Waals surface area contributed by atoms with Crippen molar-refractivity contribution in [3.8, 4) is 11.5 Å². The highest BCUT2D eigenvalue weighted by Crippen LogP contribution is 2.44. The molecule has 0 saturated carbocycles. The number of aliphatic hydroxyl groups is 1. The lowest BCUT2D eigenvalue weighted by Gasteiger charge is -2.26. The minimum Gasteiger partial charge on any atom is -0.507 e. The summed E-state index contributed by atoms with van der Waals surface area (Å²) in [6, 6.07) is 15.4. The molecule has 0 aliphatic carbocycles. The Morgan fingerprint density at radius 1 is 1.00 bits per heavy atom. The molecule has 0 radical (unpaired) electrons. The van der Waals surface area contributed by atoms with Crippen LogP contribution in [-0.4, -0.2) is 43.6 Å². The third-order valence-corrected chi connectivity index (χ3v) is 6.48. The lowest BCUT2D eigenvalue weighted by atomic mass is 9.94. The fourth-order valence-electron chi connectivity index (χ4n) is 4.42. The number of hydrogen-bond acceptors (Lipinski definition) is 7. The summed E-state index contributed by atoms with van der Waals surface area (Å²) in [6.45, 7) is 3.82. The predicted molar refractivity (Wildman–Crippen MR) is 143 cm³/mol. The zero-order valence-electron chi connectivity index (χ0n) is 21.3. The van der Waals surface area contributed by atoms with Crippen LogP contribution in [0.1, 0.15) is 40.0 Å². The van der Waals surface area contributed by atoms with E-state index in [0.717, 1.165) is 5.56 Å². The monoisotopic (exact) mass is 535 g/mol. The molecule has 38 heavy (non-hydrogen) atoms. The molecule has 0 aromatic heterocycles. The fourth-order valence-corrected chi connectivity index (χ4v) is 4.65. The van der Waals surface area contributed by atoms with E-state index in [9.17, 15) is 19.5 Å². The smallest absolute Gasteiger partial charge is 0.338 e. The van der Waals surface area contributed by atoms with E-state index in [4.69, 9.17) is 25.8 Å². The second-order valence-electron chi connectivity index (χ2n) is 8.54. The van der Waals surface area contributed by atoms with Crippen LogP contribution >= 0.6 is 11.6 Å². The minimum atomic E-state index is -0.963. The van der Waals surface area contributed by atoms with Crippen LogP contribution < -0.4 is 14.4 Å². The first kappa shape index (κ1) is 26.8. The van der Waals surface area contributed by atoms with Gasteiger partial charge < -0.3 is 19.3 Å². The number of carbonyl (C=O) groups is 3. The van der Waals surface area contributed by atoms with Crippen molar-refractivity contribution >= 4 is 40.7 Å². The molecular weight excluding hydrogens is 510 g/mol. The summed E-state index contributed by atoms with van der Waals surface area (Å²) in [5.41, 5.74) is 2.19. The first-order valence-electron chi connectivity index (χ1n) is 11.8. The van der Waals surface area contributed by atoms with Gasteiger partial charge in [0.15, 0.2) is 0 Å². The average Bonchev–Trinajstić information content (AvgIpc) is 3.18. The van der Waals surface area contributed by atoms with Gasteiger partial charge >= 0.3 is 5.97 Å². The van der Waals surface area contributed by atoms with Crippen LogP contribution in [0.2, 0.25) is 5.02 Å². The summed E-state index contributed by atoms with van der Waals surface area (Å²) in [5.74, 6) is -2.19. The van der Waals surface area contributed by atoms with Crippen molar-refractivity contribution < 1.29 is 33.7 Å². The van der Waals surface area contributed by atoms with E-state index >= 15 is 0 Å². The number of amides is 1. The lowest BCUT2D eigenvalue weighted by Crippen LogP contribution is -2.29. The van der Waals surface area contributed by atoms with Crippen LogP contribution in [0.3, 0.4) is 0 Å². The number of rotatable bonds is 7. The zero-order chi connectivity index (χ0) is 27.6. The van der Waals surface area contributed by atoms with Gasteiger partial charge in [-0.2, -0.15) is 0 Å². The number of ketones is 1. The van der Waals surface area contributed by atoms with E-state index in [-0.39, 0.29) is 34.3 Å². The molecule has 1 saturated heterocycles. The number of benzene rings is 3. The minimum absolute atomic E-state index is 0.127. The number of Topliss-reactive ketones (excluding diaryl/α,β-unsaturated/α-hetero) is 1. The van der Waals surface area contributed by atoms with Gasteiger partial charge in [0.05, 0.1) is 48.6 Å². The Morgan fingerprint density at radius 3 is 2.29 bits per heavy atom. The van der Waals surface area contributed by atoms with Gasteiger partial charge in [0, 0.05) is 11.8 Å². The molecule has 1 amide bonds. The lowest BCUT2D eigenvalue weighted by molar-refractivity contribution is -0.132. The number of methoxy groups -OCH3 is 2. The maximum atomic E-state index is 13.5. The Morgan fingerprint density at radius 2 is 1.68 bits per heavy atom. The number of aryl methyl sites for hydroxylation is 1. The number of aliphatic hydroxyl groups excluding tert-OH is 1.